The smallest absolute Gasteiger partial charge is 0.282 e. The summed E-state index contributed by atoms with van der Waals surface area (Å²) in [4.78, 5) is 27.1. The standard InChI is InChI=1S/C17H12FN3O3S/c1-2-9-20-14-10-11(21(23)24)7-8-15(14)25-17(20)19-16(22)12-5-3-4-6-13(12)18/h2-8,10H,1,9H2. The van der Waals surface area contributed by atoms with Gasteiger partial charge in [0, 0.05) is 18.7 Å². The summed E-state index contributed by atoms with van der Waals surface area (Å²) in [6.07, 6.45) is 1.59. The number of amides is 1. The van der Waals surface area contributed by atoms with Crippen molar-refractivity contribution in [1.82, 2.24) is 4.57 Å². The molecule has 3 aromatic rings. The molecule has 0 spiro atoms. The first kappa shape index (κ1) is 16.7. The average molecular weight is 357 g/mol. The number of non-ortho nitro benzene ring substituents is 1. The van der Waals surface area contributed by atoms with Crippen LogP contribution >= 0.6 is 11.3 Å². The molecule has 1 amide bonds. The molecule has 6 nitrogen and oxygen atoms in total. The molecule has 0 radical (unpaired) electrons. The van der Waals surface area contributed by atoms with Crippen molar-refractivity contribution in [3.63, 3.8) is 0 Å². The number of hydrogen-bond donors (Lipinski definition) is 0. The van der Waals surface area contributed by atoms with Gasteiger partial charge < -0.3 is 4.57 Å². The van der Waals surface area contributed by atoms with E-state index in [-0.39, 0.29) is 11.3 Å². The zero-order valence-electron chi connectivity index (χ0n) is 12.9. The molecule has 0 fully saturated rings. The Balaban J connectivity index is 2.19. The van der Waals surface area contributed by atoms with Crippen molar-refractivity contribution in [3.8, 4) is 0 Å². The molecular formula is C17H12FN3O3S. The van der Waals surface area contributed by atoms with Crippen LogP contribution < -0.4 is 4.80 Å². The number of nitrogens with zero attached hydrogens (tertiary/aromatic N) is 3. The minimum Gasteiger partial charge on any atom is -0.312 e. The van der Waals surface area contributed by atoms with E-state index in [0.717, 1.165) is 4.70 Å². The first-order valence-corrected chi connectivity index (χ1v) is 8.05. The number of hydrogen-bond acceptors (Lipinski definition) is 4. The normalized spacial score (nSPS) is 11.6. The number of carbonyl (C=O) groups excluding carboxylic acids is 1. The fourth-order valence-electron chi connectivity index (χ4n) is 2.34. The van der Waals surface area contributed by atoms with Crippen LogP contribution in [0, 0.1) is 15.9 Å². The molecule has 0 aliphatic heterocycles. The third kappa shape index (κ3) is 3.24. The van der Waals surface area contributed by atoms with E-state index in [1.54, 1.807) is 22.8 Å². The van der Waals surface area contributed by atoms with Gasteiger partial charge in [-0.1, -0.05) is 29.5 Å². The highest BCUT2D eigenvalue weighted by Crippen LogP contribution is 2.23. The number of benzene rings is 2. The summed E-state index contributed by atoms with van der Waals surface area (Å²) in [7, 11) is 0. The largest absolute Gasteiger partial charge is 0.312 e. The first-order chi connectivity index (χ1) is 12.0. The SMILES string of the molecule is C=CCn1c(=NC(=O)c2ccccc2F)sc2ccc([N+](=O)[O-])cc21. The predicted octanol–water partition coefficient (Wildman–Crippen LogP) is 3.68. The van der Waals surface area contributed by atoms with E-state index in [0.29, 0.717) is 16.9 Å². The molecule has 2 aromatic carbocycles. The second kappa shape index (κ2) is 6.78. The van der Waals surface area contributed by atoms with Gasteiger partial charge in [-0.05, 0) is 18.2 Å². The Morgan fingerprint density at radius 2 is 2.12 bits per heavy atom. The molecular weight excluding hydrogens is 345 g/mol. The topological polar surface area (TPSA) is 77.5 Å². The Bertz CT molecular complexity index is 1070. The number of nitro benzene ring substituents is 1. The fraction of sp³-hybridized carbons (Fsp3) is 0.0588. The lowest BCUT2D eigenvalue weighted by atomic mass is 10.2. The third-order valence-electron chi connectivity index (χ3n) is 3.49. The number of allylic oxidation sites excluding steroid dienone is 1. The van der Waals surface area contributed by atoms with Crippen LogP contribution in [0.4, 0.5) is 10.1 Å². The van der Waals surface area contributed by atoms with Gasteiger partial charge in [0.1, 0.15) is 5.82 Å². The van der Waals surface area contributed by atoms with Crippen LogP contribution in [0.5, 0.6) is 0 Å². The van der Waals surface area contributed by atoms with Gasteiger partial charge in [0.15, 0.2) is 4.80 Å². The van der Waals surface area contributed by atoms with Crippen LogP contribution in [0.25, 0.3) is 10.2 Å². The van der Waals surface area contributed by atoms with Gasteiger partial charge in [0.25, 0.3) is 11.6 Å². The minimum atomic E-state index is -0.711. The van der Waals surface area contributed by atoms with Crippen LogP contribution in [0.15, 0.2) is 60.1 Å². The Hall–Kier alpha value is -3.13. The molecule has 1 aromatic heterocycles. The lowest BCUT2D eigenvalue weighted by molar-refractivity contribution is -0.384. The van der Waals surface area contributed by atoms with Gasteiger partial charge in [-0.2, -0.15) is 4.99 Å². The van der Waals surface area contributed by atoms with Crippen LogP contribution in [0.1, 0.15) is 10.4 Å². The van der Waals surface area contributed by atoms with Gasteiger partial charge >= 0.3 is 0 Å². The lowest BCUT2D eigenvalue weighted by Crippen LogP contribution is -2.16. The van der Waals surface area contributed by atoms with Gasteiger partial charge in [0.05, 0.1) is 20.7 Å². The van der Waals surface area contributed by atoms with Crippen molar-refractivity contribution in [3.05, 3.63) is 81.4 Å². The number of thiazole rings is 1. The lowest BCUT2D eigenvalue weighted by Gasteiger charge is -2.01. The molecule has 126 valence electrons. The Labute approximate surface area is 145 Å². The quantitative estimate of drug-likeness (QED) is 0.406. The zero-order valence-corrected chi connectivity index (χ0v) is 13.7. The Kier molecular flexibility index (Phi) is 4.53. The van der Waals surface area contributed by atoms with E-state index in [9.17, 15) is 19.3 Å². The molecule has 3 rings (SSSR count). The molecule has 25 heavy (non-hydrogen) atoms. The second-order valence-electron chi connectivity index (χ2n) is 5.09. The molecule has 8 heteroatoms. The zero-order chi connectivity index (χ0) is 18.0. The van der Waals surface area contributed by atoms with E-state index in [1.807, 2.05) is 0 Å². The molecule has 0 aliphatic carbocycles. The maximum Gasteiger partial charge on any atom is 0.282 e. The summed E-state index contributed by atoms with van der Waals surface area (Å²) in [6, 6.07) is 10.00. The van der Waals surface area contributed by atoms with E-state index >= 15 is 0 Å². The Morgan fingerprint density at radius 3 is 2.80 bits per heavy atom. The van der Waals surface area contributed by atoms with Crippen molar-refractivity contribution >= 4 is 33.1 Å². The summed E-state index contributed by atoms with van der Waals surface area (Å²) in [5.41, 5.74) is 0.380. The number of aromatic nitrogens is 1. The number of rotatable bonds is 4. The highest BCUT2D eigenvalue weighted by molar-refractivity contribution is 7.16. The summed E-state index contributed by atoms with van der Waals surface area (Å²) < 4.78 is 16.1. The molecule has 0 saturated heterocycles. The number of carbonyl (C=O) groups is 1. The maximum atomic E-state index is 13.8. The highest BCUT2D eigenvalue weighted by atomic mass is 32.1. The van der Waals surface area contributed by atoms with E-state index in [4.69, 9.17) is 0 Å². The average Bonchev–Trinajstić information content (AvgIpc) is 2.92. The monoisotopic (exact) mass is 357 g/mol. The molecule has 0 aliphatic rings. The highest BCUT2D eigenvalue weighted by Gasteiger charge is 2.14. The number of fused-ring (bicyclic) bond motifs is 1. The van der Waals surface area contributed by atoms with E-state index in [1.165, 1.54) is 41.7 Å². The second-order valence-corrected chi connectivity index (χ2v) is 6.10. The predicted molar refractivity (Wildman–Crippen MR) is 93.0 cm³/mol. The molecule has 1 heterocycles. The molecule has 0 saturated carbocycles. The van der Waals surface area contributed by atoms with Crippen molar-refractivity contribution in [2.75, 3.05) is 0 Å². The van der Waals surface area contributed by atoms with Crippen molar-refractivity contribution in [2.45, 2.75) is 6.54 Å². The van der Waals surface area contributed by atoms with Gasteiger partial charge in [0.2, 0.25) is 0 Å². The minimum absolute atomic E-state index is 0.0601. The van der Waals surface area contributed by atoms with Crippen molar-refractivity contribution < 1.29 is 14.1 Å². The maximum absolute atomic E-state index is 13.8. The number of halogens is 1. The van der Waals surface area contributed by atoms with Crippen LogP contribution in [0.2, 0.25) is 0 Å². The molecule has 0 N–H and O–H groups in total. The van der Waals surface area contributed by atoms with Crippen LogP contribution in [-0.4, -0.2) is 15.4 Å². The van der Waals surface area contributed by atoms with Crippen LogP contribution in [0.3, 0.4) is 0 Å². The van der Waals surface area contributed by atoms with E-state index in [2.05, 4.69) is 11.6 Å². The summed E-state index contributed by atoms with van der Waals surface area (Å²) in [6.45, 7) is 3.97. The third-order valence-corrected chi connectivity index (χ3v) is 4.55. The fourth-order valence-corrected chi connectivity index (χ4v) is 3.36. The molecule has 0 atom stereocenters. The molecule has 0 bridgehead atoms. The first-order valence-electron chi connectivity index (χ1n) is 7.23. The summed E-state index contributed by atoms with van der Waals surface area (Å²) in [5, 5.41) is 11.0. The van der Waals surface area contributed by atoms with Gasteiger partial charge in [-0.15, -0.1) is 6.58 Å². The van der Waals surface area contributed by atoms with Crippen LogP contribution in [-0.2, 0) is 6.54 Å². The van der Waals surface area contributed by atoms with Crippen molar-refractivity contribution in [1.29, 1.82) is 0 Å². The van der Waals surface area contributed by atoms with Gasteiger partial charge in [-0.25, -0.2) is 4.39 Å². The summed E-state index contributed by atoms with van der Waals surface area (Å²) in [5.74, 6) is -1.36. The summed E-state index contributed by atoms with van der Waals surface area (Å²) >= 11 is 1.20. The van der Waals surface area contributed by atoms with Gasteiger partial charge in [-0.3, -0.25) is 14.9 Å². The Morgan fingerprint density at radius 1 is 1.36 bits per heavy atom. The molecule has 0 unspecified atom stereocenters. The van der Waals surface area contributed by atoms with Crippen molar-refractivity contribution in [2.24, 2.45) is 4.99 Å². The number of nitro groups is 1. The van der Waals surface area contributed by atoms with E-state index < -0.39 is 16.6 Å².